The summed E-state index contributed by atoms with van der Waals surface area (Å²) in [6, 6.07) is 10.5. The van der Waals surface area contributed by atoms with Gasteiger partial charge in [-0.1, -0.05) is 42.8 Å². The fourth-order valence-electron chi connectivity index (χ4n) is 2.92. The Hall–Kier alpha value is -0.830. The molecule has 0 bridgehead atoms. The van der Waals surface area contributed by atoms with Gasteiger partial charge in [0.1, 0.15) is 0 Å². The van der Waals surface area contributed by atoms with Crippen LogP contribution in [0.3, 0.4) is 0 Å². The van der Waals surface area contributed by atoms with Gasteiger partial charge in [-0.25, -0.2) is 0 Å². The number of benzene rings is 1. The second-order valence-electron chi connectivity index (χ2n) is 5.10. The third-order valence-electron chi connectivity index (χ3n) is 3.97. The highest BCUT2D eigenvalue weighted by atomic mass is 35.5. The minimum atomic E-state index is -0.408. The van der Waals surface area contributed by atoms with Crippen LogP contribution in [0.2, 0.25) is 5.02 Å². The third-order valence-corrected chi connectivity index (χ3v) is 5.49. The predicted octanol–water partition coefficient (Wildman–Crippen LogP) is 4.50. The van der Waals surface area contributed by atoms with Gasteiger partial charge in [-0.15, -0.1) is 11.3 Å². The standard InChI is InChI=1S/C15H16ClNS/c1-10-6-8-15(17,14-13(16)7-9-18-14)12-5-3-2-4-11(10)12/h2-5,7,9-10H,6,8,17H2,1H3. The molecule has 0 amide bonds. The van der Waals surface area contributed by atoms with Gasteiger partial charge in [0, 0.05) is 4.88 Å². The molecule has 0 radical (unpaired) electrons. The van der Waals surface area contributed by atoms with Crippen molar-refractivity contribution < 1.29 is 0 Å². The molecule has 1 nitrogen and oxygen atoms in total. The van der Waals surface area contributed by atoms with Gasteiger partial charge < -0.3 is 5.73 Å². The molecule has 0 saturated heterocycles. The van der Waals surface area contributed by atoms with Gasteiger partial charge in [0.15, 0.2) is 0 Å². The summed E-state index contributed by atoms with van der Waals surface area (Å²) >= 11 is 7.96. The largest absolute Gasteiger partial charge is 0.317 e. The maximum Gasteiger partial charge on any atom is 0.0777 e. The van der Waals surface area contributed by atoms with E-state index in [1.165, 1.54) is 11.1 Å². The van der Waals surface area contributed by atoms with Crippen LogP contribution in [0.15, 0.2) is 35.7 Å². The van der Waals surface area contributed by atoms with Gasteiger partial charge in [-0.3, -0.25) is 0 Å². The number of rotatable bonds is 1. The molecule has 2 atom stereocenters. The summed E-state index contributed by atoms with van der Waals surface area (Å²) < 4.78 is 0. The minimum absolute atomic E-state index is 0.408. The normalized spacial score (nSPS) is 26.9. The summed E-state index contributed by atoms with van der Waals surface area (Å²) in [4.78, 5) is 1.10. The average Bonchev–Trinajstić information content (AvgIpc) is 2.82. The van der Waals surface area contributed by atoms with E-state index in [1.807, 2.05) is 11.4 Å². The molecule has 3 rings (SSSR count). The average molecular weight is 278 g/mol. The Labute approximate surface area is 117 Å². The molecule has 1 aliphatic rings. The first kappa shape index (κ1) is 12.2. The molecule has 0 saturated carbocycles. The van der Waals surface area contributed by atoms with E-state index in [-0.39, 0.29) is 0 Å². The minimum Gasteiger partial charge on any atom is -0.317 e. The topological polar surface area (TPSA) is 26.0 Å². The molecule has 0 spiro atoms. The number of hydrogen-bond acceptors (Lipinski definition) is 2. The highest BCUT2D eigenvalue weighted by molar-refractivity contribution is 7.10. The second kappa shape index (κ2) is 4.37. The molecule has 0 aliphatic heterocycles. The fourth-order valence-corrected chi connectivity index (χ4v) is 4.30. The quantitative estimate of drug-likeness (QED) is 0.816. The Morgan fingerprint density at radius 3 is 2.83 bits per heavy atom. The summed E-state index contributed by atoms with van der Waals surface area (Å²) in [7, 11) is 0. The number of fused-ring (bicyclic) bond motifs is 1. The Morgan fingerprint density at radius 2 is 2.11 bits per heavy atom. The van der Waals surface area contributed by atoms with Crippen molar-refractivity contribution >= 4 is 22.9 Å². The van der Waals surface area contributed by atoms with E-state index < -0.39 is 5.54 Å². The van der Waals surface area contributed by atoms with Crippen molar-refractivity contribution in [2.24, 2.45) is 5.73 Å². The van der Waals surface area contributed by atoms with Crippen LogP contribution in [-0.4, -0.2) is 0 Å². The van der Waals surface area contributed by atoms with Crippen LogP contribution >= 0.6 is 22.9 Å². The molecule has 94 valence electrons. The number of hydrogen-bond donors (Lipinski definition) is 1. The van der Waals surface area contributed by atoms with Crippen molar-refractivity contribution in [2.75, 3.05) is 0 Å². The van der Waals surface area contributed by atoms with Crippen LogP contribution in [0.5, 0.6) is 0 Å². The first-order valence-electron chi connectivity index (χ1n) is 6.24. The van der Waals surface area contributed by atoms with E-state index in [2.05, 4.69) is 31.2 Å². The van der Waals surface area contributed by atoms with Crippen molar-refractivity contribution in [3.05, 3.63) is 56.7 Å². The van der Waals surface area contributed by atoms with E-state index >= 15 is 0 Å². The third kappa shape index (κ3) is 1.71. The maximum absolute atomic E-state index is 6.73. The predicted molar refractivity (Wildman–Crippen MR) is 78.4 cm³/mol. The van der Waals surface area contributed by atoms with E-state index in [0.29, 0.717) is 5.92 Å². The highest BCUT2D eigenvalue weighted by Crippen LogP contribution is 2.46. The molecule has 1 aromatic heterocycles. The van der Waals surface area contributed by atoms with Crippen molar-refractivity contribution in [2.45, 2.75) is 31.2 Å². The lowest BCUT2D eigenvalue weighted by atomic mass is 9.72. The maximum atomic E-state index is 6.73. The van der Waals surface area contributed by atoms with E-state index in [9.17, 15) is 0 Å². The Kier molecular flexibility index (Phi) is 2.97. The van der Waals surface area contributed by atoms with E-state index in [4.69, 9.17) is 17.3 Å². The van der Waals surface area contributed by atoms with E-state index in [0.717, 1.165) is 22.7 Å². The number of nitrogens with two attached hydrogens (primary N) is 1. The monoisotopic (exact) mass is 277 g/mol. The van der Waals surface area contributed by atoms with Crippen molar-refractivity contribution in [3.63, 3.8) is 0 Å². The van der Waals surface area contributed by atoms with Crippen LogP contribution in [0.25, 0.3) is 0 Å². The molecule has 0 fully saturated rings. The SMILES string of the molecule is CC1CCC(N)(c2sccc2Cl)c2ccccc21. The zero-order chi connectivity index (χ0) is 12.8. The van der Waals surface area contributed by atoms with Gasteiger partial charge in [0.25, 0.3) is 0 Å². The van der Waals surface area contributed by atoms with Crippen LogP contribution in [0.1, 0.15) is 41.7 Å². The lowest BCUT2D eigenvalue weighted by Crippen LogP contribution is -2.41. The molecule has 2 N–H and O–H groups in total. The summed E-state index contributed by atoms with van der Waals surface area (Å²) in [5.74, 6) is 0.580. The molecule has 1 aromatic carbocycles. The lowest BCUT2D eigenvalue weighted by Gasteiger charge is -2.38. The fraction of sp³-hybridized carbons (Fsp3) is 0.333. The Morgan fingerprint density at radius 1 is 1.33 bits per heavy atom. The second-order valence-corrected chi connectivity index (χ2v) is 6.42. The molecule has 1 heterocycles. The summed E-state index contributed by atoms with van der Waals surface area (Å²) in [6.07, 6.45) is 2.08. The Bertz CT molecular complexity index is 577. The zero-order valence-corrected chi connectivity index (χ0v) is 11.9. The molecule has 2 aromatic rings. The van der Waals surface area contributed by atoms with Crippen molar-refractivity contribution in [1.82, 2.24) is 0 Å². The first-order chi connectivity index (χ1) is 8.63. The van der Waals surface area contributed by atoms with E-state index in [1.54, 1.807) is 11.3 Å². The number of thiophene rings is 1. The first-order valence-corrected chi connectivity index (χ1v) is 7.50. The van der Waals surface area contributed by atoms with Gasteiger partial charge in [-0.2, -0.15) is 0 Å². The summed E-state index contributed by atoms with van der Waals surface area (Å²) in [6.45, 7) is 2.27. The molecule has 3 heteroatoms. The van der Waals surface area contributed by atoms with Crippen LogP contribution in [0, 0.1) is 0 Å². The molecular weight excluding hydrogens is 262 g/mol. The van der Waals surface area contributed by atoms with Crippen LogP contribution in [-0.2, 0) is 5.54 Å². The van der Waals surface area contributed by atoms with Gasteiger partial charge in [0.2, 0.25) is 0 Å². The molecule has 18 heavy (non-hydrogen) atoms. The molecular formula is C15H16ClNS. The molecule has 1 aliphatic carbocycles. The molecule has 2 unspecified atom stereocenters. The van der Waals surface area contributed by atoms with Crippen LogP contribution < -0.4 is 5.73 Å². The Balaban J connectivity index is 2.20. The zero-order valence-electron chi connectivity index (χ0n) is 10.3. The van der Waals surface area contributed by atoms with Crippen molar-refractivity contribution in [3.8, 4) is 0 Å². The van der Waals surface area contributed by atoms with Gasteiger partial charge in [0.05, 0.1) is 10.6 Å². The number of halogens is 1. The van der Waals surface area contributed by atoms with Crippen LogP contribution in [0.4, 0.5) is 0 Å². The summed E-state index contributed by atoms with van der Waals surface area (Å²) in [5, 5.41) is 2.82. The smallest absolute Gasteiger partial charge is 0.0777 e. The summed E-state index contributed by atoms with van der Waals surface area (Å²) in [5.41, 5.74) is 8.93. The van der Waals surface area contributed by atoms with Gasteiger partial charge >= 0.3 is 0 Å². The highest BCUT2D eigenvalue weighted by Gasteiger charge is 2.38. The van der Waals surface area contributed by atoms with Crippen molar-refractivity contribution in [1.29, 1.82) is 0 Å². The lowest BCUT2D eigenvalue weighted by molar-refractivity contribution is 0.418. The van der Waals surface area contributed by atoms with Gasteiger partial charge in [-0.05, 0) is 41.3 Å².